The molecule has 4 heterocycles. The molecule has 1 N–H and O–H groups in total. The van der Waals surface area contributed by atoms with Crippen LogP contribution in [-0.4, -0.2) is 72.7 Å². The van der Waals surface area contributed by atoms with Crippen molar-refractivity contribution < 1.29 is 17.2 Å². The summed E-state index contributed by atoms with van der Waals surface area (Å²) in [5.74, 6) is -0.901. The molecule has 0 amide bonds. The predicted octanol–water partition coefficient (Wildman–Crippen LogP) is 3.29. The number of likely N-dealkylation sites (tertiary alicyclic amines) is 1. The Morgan fingerprint density at radius 1 is 1.06 bits per heavy atom. The molecule has 3 aliphatic rings. The fraction of sp³-hybridized carbons (Fsp3) is 0.654. The molecular formula is C26H37F2N5O2S. The van der Waals surface area contributed by atoms with Crippen molar-refractivity contribution in [2.24, 2.45) is 5.92 Å². The second-order valence-corrected chi connectivity index (χ2v) is 12.6. The molecular weight excluding hydrogens is 484 g/mol. The van der Waals surface area contributed by atoms with E-state index in [0.29, 0.717) is 37.5 Å². The molecule has 2 aromatic rings. The lowest BCUT2D eigenvalue weighted by Crippen LogP contribution is -2.40. The summed E-state index contributed by atoms with van der Waals surface area (Å²) in [4.78, 5) is 7.08. The van der Waals surface area contributed by atoms with Gasteiger partial charge in [-0.05, 0) is 68.2 Å². The average molecular weight is 522 g/mol. The molecule has 5 rings (SSSR count). The van der Waals surface area contributed by atoms with Crippen LogP contribution in [0.2, 0.25) is 0 Å². The molecule has 7 nitrogen and oxygen atoms in total. The van der Waals surface area contributed by atoms with E-state index in [9.17, 15) is 17.2 Å². The van der Waals surface area contributed by atoms with E-state index in [1.807, 2.05) is 6.33 Å². The van der Waals surface area contributed by atoms with Gasteiger partial charge in [-0.1, -0.05) is 0 Å². The molecule has 0 saturated carbocycles. The smallest absolute Gasteiger partial charge is 0.211 e. The van der Waals surface area contributed by atoms with Crippen LogP contribution in [0.15, 0.2) is 24.5 Å². The fourth-order valence-corrected chi connectivity index (χ4v) is 7.26. The SMILES string of the molecule is CS(=O)(=O)N1CCC(C(CCN2CCC(n3cnc4c3CCNC4)CC2)c2cc(F)cc(F)c2)CC1. The first-order chi connectivity index (χ1) is 17.3. The van der Waals surface area contributed by atoms with Gasteiger partial charge in [0.15, 0.2) is 0 Å². The molecule has 0 aliphatic carbocycles. The summed E-state index contributed by atoms with van der Waals surface area (Å²) in [6.45, 7) is 5.64. The minimum absolute atomic E-state index is 0.00259. The van der Waals surface area contributed by atoms with Crippen molar-refractivity contribution in [1.82, 2.24) is 24.1 Å². The van der Waals surface area contributed by atoms with Crippen molar-refractivity contribution in [1.29, 1.82) is 0 Å². The van der Waals surface area contributed by atoms with Gasteiger partial charge < -0.3 is 14.8 Å². The Hall–Kier alpha value is -1.88. The van der Waals surface area contributed by atoms with Crippen molar-refractivity contribution >= 4 is 10.0 Å². The summed E-state index contributed by atoms with van der Waals surface area (Å²) in [5, 5.41) is 3.39. The number of nitrogens with zero attached hydrogens (tertiary/aromatic N) is 4. The van der Waals surface area contributed by atoms with Crippen molar-refractivity contribution in [3.05, 3.63) is 53.1 Å². The summed E-state index contributed by atoms with van der Waals surface area (Å²) in [7, 11) is -3.22. The van der Waals surface area contributed by atoms with Crippen LogP contribution in [0.25, 0.3) is 0 Å². The molecule has 0 bridgehead atoms. The number of fused-ring (bicyclic) bond motifs is 1. The number of rotatable bonds is 7. The van der Waals surface area contributed by atoms with E-state index in [0.717, 1.165) is 64.5 Å². The summed E-state index contributed by atoms with van der Waals surface area (Å²) in [5.41, 5.74) is 3.25. The van der Waals surface area contributed by atoms with Gasteiger partial charge in [-0.2, -0.15) is 0 Å². The number of hydrogen-bond acceptors (Lipinski definition) is 5. The topological polar surface area (TPSA) is 70.5 Å². The molecule has 198 valence electrons. The standard InChI is InChI=1S/C26H37F2N5O2S/c1-36(34,35)32-12-3-19(4-13-32)24(20-14-21(27)16-22(28)15-20)7-11-31-9-5-23(6-10-31)33-18-30-25-17-29-8-2-26(25)33/h14-16,18-19,23-24,29H,2-13,17H2,1H3. The lowest BCUT2D eigenvalue weighted by atomic mass is 9.78. The molecule has 1 atom stereocenters. The minimum Gasteiger partial charge on any atom is -0.331 e. The van der Waals surface area contributed by atoms with Crippen molar-refractivity contribution in [2.45, 2.75) is 57.0 Å². The number of piperidine rings is 2. The van der Waals surface area contributed by atoms with Crippen LogP contribution in [0.1, 0.15) is 61.0 Å². The third kappa shape index (κ3) is 5.82. The molecule has 0 radical (unpaired) electrons. The van der Waals surface area contributed by atoms with Gasteiger partial charge in [0, 0.05) is 63.5 Å². The van der Waals surface area contributed by atoms with Crippen molar-refractivity contribution in [2.75, 3.05) is 45.5 Å². The molecule has 1 aromatic heterocycles. The molecule has 2 fully saturated rings. The Balaban J connectivity index is 1.22. The largest absolute Gasteiger partial charge is 0.331 e. The predicted molar refractivity (Wildman–Crippen MR) is 135 cm³/mol. The first-order valence-electron chi connectivity index (χ1n) is 13.2. The zero-order valence-electron chi connectivity index (χ0n) is 21.0. The van der Waals surface area contributed by atoms with Gasteiger partial charge in [-0.15, -0.1) is 0 Å². The van der Waals surface area contributed by atoms with Crippen LogP contribution in [0.3, 0.4) is 0 Å². The summed E-state index contributed by atoms with van der Waals surface area (Å²) in [6.07, 6.45) is 8.65. The maximum absolute atomic E-state index is 14.1. The quantitative estimate of drug-likeness (QED) is 0.606. The molecule has 3 aliphatic heterocycles. The van der Waals surface area contributed by atoms with Crippen LogP contribution in [0.4, 0.5) is 8.78 Å². The minimum atomic E-state index is -3.22. The van der Waals surface area contributed by atoms with Gasteiger partial charge in [-0.25, -0.2) is 26.5 Å². The van der Waals surface area contributed by atoms with Crippen LogP contribution < -0.4 is 5.32 Å². The summed E-state index contributed by atoms with van der Waals surface area (Å²) >= 11 is 0. The van der Waals surface area contributed by atoms with Crippen LogP contribution >= 0.6 is 0 Å². The third-order valence-electron chi connectivity index (χ3n) is 8.37. The molecule has 10 heteroatoms. The van der Waals surface area contributed by atoms with Gasteiger partial charge in [-0.3, -0.25) is 0 Å². The highest BCUT2D eigenvalue weighted by molar-refractivity contribution is 7.88. The Morgan fingerprint density at radius 3 is 2.42 bits per heavy atom. The number of halogens is 2. The zero-order valence-corrected chi connectivity index (χ0v) is 21.8. The summed E-state index contributed by atoms with van der Waals surface area (Å²) < 4.78 is 56.1. The lowest BCUT2D eigenvalue weighted by Gasteiger charge is -2.38. The van der Waals surface area contributed by atoms with E-state index in [4.69, 9.17) is 0 Å². The zero-order chi connectivity index (χ0) is 25.3. The Bertz CT molecular complexity index is 1130. The number of imidazole rings is 1. The average Bonchev–Trinajstić information content (AvgIpc) is 3.28. The van der Waals surface area contributed by atoms with Gasteiger partial charge in [0.2, 0.25) is 10.0 Å². The highest BCUT2D eigenvalue weighted by atomic mass is 32.2. The molecule has 2 saturated heterocycles. The maximum Gasteiger partial charge on any atom is 0.211 e. The number of sulfonamides is 1. The Labute approximate surface area is 212 Å². The van der Waals surface area contributed by atoms with Crippen LogP contribution in [-0.2, 0) is 23.0 Å². The Morgan fingerprint density at radius 2 is 1.75 bits per heavy atom. The van der Waals surface area contributed by atoms with Crippen LogP contribution in [0, 0.1) is 17.6 Å². The highest BCUT2D eigenvalue weighted by Crippen LogP contribution is 2.37. The first-order valence-corrected chi connectivity index (χ1v) is 15.0. The second kappa shape index (κ2) is 10.8. The van der Waals surface area contributed by atoms with E-state index >= 15 is 0 Å². The van der Waals surface area contributed by atoms with E-state index in [1.165, 1.54) is 34.1 Å². The third-order valence-corrected chi connectivity index (χ3v) is 9.67. The normalized spacial score (nSPS) is 22.0. The van der Waals surface area contributed by atoms with Gasteiger partial charge in [0.05, 0.1) is 18.3 Å². The summed E-state index contributed by atoms with van der Waals surface area (Å²) in [6, 6.07) is 4.31. The maximum atomic E-state index is 14.1. The number of aromatic nitrogens is 2. The van der Waals surface area contributed by atoms with Crippen molar-refractivity contribution in [3.8, 4) is 0 Å². The molecule has 36 heavy (non-hydrogen) atoms. The van der Waals surface area contributed by atoms with Crippen LogP contribution in [0.5, 0.6) is 0 Å². The van der Waals surface area contributed by atoms with E-state index in [-0.39, 0.29) is 11.8 Å². The van der Waals surface area contributed by atoms with E-state index < -0.39 is 21.7 Å². The second-order valence-electron chi connectivity index (χ2n) is 10.6. The fourth-order valence-electron chi connectivity index (χ4n) is 6.39. The monoisotopic (exact) mass is 521 g/mol. The molecule has 1 aromatic carbocycles. The van der Waals surface area contributed by atoms with Gasteiger partial charge in [0.1, 0.15) is 11.6 Å². The molecule has 1 unspecified atom stereocenters. The number of hydrogen-bond donors (Lipinski definition) is 1. The highest BCUT2D eigenvalue weighted by Gasteiger charge is 2.32. The lowest BCUT2D eigenvalue weighted by molar-refractivity contribution is 0.166. The van der Waals surface area contributed by atoms with Gasteiger partial charge >= 0.3 is 0 Å². The van der Waals surface area contributed by atoms with Gasteiger partial charge in [0.25, 0.3) is 0 Å². The molecule has 0 spiro atoms. The van der Waals surface area contributed by atoms with E-state index in [2.05, 4.69) is 19.8 Å². The van der Waals surface area contributed by atoms with E-state index in [1.54, 1.807) is 0 Å². The van der Waals surface area contributed by atoms with Crippen molar-refractivity contribution in [3.63, 3.8) is 0 Å². The number of nitrogens with one attached hydrogen (secondary N) is 1. The first kappa shape index (κ1) is 25.8. The number of benzene rings is 1. The Kier molecular flexibility index (Phi) is 7.76.